The molecule has 14 heavy (non-hydrogen) atoms. The number of nitrogens with zero attached hydrogens (tertiary/aromatic N) is 3. The van der Waals surface area contributed by atoms with Gasteiger partial charge in [-0.2, -0.15) is 0 Å². The molecule has 1 aliphatic heterocycles. The van der Waals surface area contributed by atoms with Crippen LogP contribution < -0.4 is 0 Å². The lowest BCUT2D eigenvalue weighted by Crippen LogP contribution is -2.35. The van der Waals surface area contributed by atoms with Crippen LogP contribution >= 0.6 is 0 Å². The first-order valence-electron chi connectivity index (χ1n) is 4.39. The van der Waals surface area contributed by atoms with Crippen molar-refractivity contribution in [3.63, 3.8) is 0 Å². The Labute approximate surface area is 80.5 Å². The molecular weight excluding hydrogens is 186 g/mol. The predicted octanol–water partition coefficient (Wildman–Crippen LogP) is -0.0946. The van der Waals surface area contributed by atoms with Gasteiger partial charge in [-0.25, -0.2) is 4.79 Å². The standard InChI is InChI=1S/C8H11N3O3/c1-11-5-6(9-10-11)8(7(12)13)3-2-4-14-8/h5H,2-4H2,1H3,(H,12,13). The summed E-state index contributed by atoms with van der Waals surface area (Å²) in [5.74, 6) is -0.990. The molecule has 0 aliphatic carbocycles. The monoisotopic (exact) mass is 197 g/mol. The molecule has 0 aromatic carbocycles. The van der Waals surface area contributed by atoms with Gasteiger partial charge in [0.15, 0.2) is 0 Å². The van der Waals surface area contributed by atoms with Crippen molar-refractivity contribution in [1.82, 2.24) is 15.0 Å². The quantitative estimate of drug-likeness (QED) is 0.716. The van der Waals surface area contributed by atoms with Crippen LogP contribution in [0.5, 0.6) is 0 Å². The van der Waals surface area contributed by atoms with Crippen molar-refractivity contribution < 1.29 is 14.6 Å². The van der Waals surface area contributed by atoms with Crippen LogP contribution in [0.1, 0.15) is 18.5 Å². The Morgan fingerprint density at radius 2 is 2.57 bits per heavy atom. The summed E-state index contributed by atoms with van der Waals surface area (Å²) in [6, 6.07) is 0. The van der Waals surface area contributed by atoms with Crippen molar-refractivity contribution in [2.75, 3.05) is 6.61 Å². The number of carboxylic acid groups (broad SMARTS) is 1. The van der Waals surface area contributed by atoms with Gasteiger partial charge in [-0.1, -0.05) is 5.21 Å². The second kappa shape index (κ2) is 3.06. The summed E-state index contributed by atoms with van der Waals surface area (Å²) in [5.41, 5.74) is -0.890. The molecule has 1 aliphatic rings. The number of carboxylic acids is 1. The molecule has 6 nitrogen and oxygen atoms in total. The van der Waals surface area contributed by atoms with E-state index in [2.05, 4.69) is 10.3 Å². The van der Waals surface area contributed by atoms with E-state index in [1.807, 2.05) is 0 Å². The fourth-order valence-corrected chi connectivity index (χ4v) is 1.65. The maximum absolute atomic E-state index is 11.1. The molecule has 0 saturated carbocycles. The molecule has 6 heteroatoms. The molecule has 1 N–H and O–H groups in total. The third kappa shape index (κ3) is 1.19. The molecule has 76 valence electrons. The number of rotatable bonds is 2. The predicted molar refractivity (Wildman–Crippen MR) is 45.5 cm³/mol. The Bertz CT molecular complexity index is 354. The van der Waals surface area contributed by atoms with Crippen molar-refractivity contribution in [2.45, 2.75) is 18.4 Å². The summed E-state index contributed by atoms with van der Waals surface area (Å²) in [4.78, 5) is 11.1. The zero-order valence-electron chi connectivity index (χ0n) is 7.80. The van der Waals surface area contributed by atoms with E-state index in [1.165, 1.54) is 4.68 Å². The molecule has 1 aromatic heterocycles. The van der Waals surface area contributed by atoms with Crippen LogP contribution in [-0.4, -0.2) is 32.7 Å². The number of ether oxygens (including phenoxy) is 1. The van der Waals surface area contributed by atoms with Crippen LogP contribution in [0, 0.1) is 0 Å². The Kier molecular flexibility index (Phi) is 1.99. The maximum atomic E-state index is 11.1. The van der Waals surface area contributed by atoms with Gasteiger partial charge in [-0.05, 0) is 12.8 Å². The van der Waals surface area contributed by atoms with Gasteiger partial charge in [0.25, 0.3) is 0 Å². The van der Waals surface area contributed by atoms with Crippen molar-refractivity contribution in [3.05, 3.63) is 11.9 Å². The smallest absolute Gasteiger partial charge is 0.342 e. The third-order valence-corrected chi connectivity index (χ3v) is 2.38. The highest BCUT2D eigenvalue weighted by Crippen LogP contribution is 2.34. The Morgan fingerprint density at radius 1 is 1.79 bits per heavy atom. The molecule has 0 spiro atoms. The van der Waals surface area contributed by atoms with Crippen molar-refractivity contribution >= 4 is 5.97 Å². The van der Waals surface area contributed by atoms with Gasteiger partial charge in [0.05, 0.1) is 6.20 Å². The summed E-state index contributed by atoms with van der Waals surface area (Å²) in [6.07, 6.45) is 2.78. The lowest BCUT2D eigenvalue weighted by Gasteiger charge is -2.19. The number of hydrogen-bond acceptors (Lipinski definition) is 4. The lowest BCUT2D eigenvalue weighted by molar-refractivity contribution is -0.161. The Hall–Kier alpha value is -1.43. The Morgan fingerprint density at radius 3 is 3.00 bits per heavy atom. The molecule has 2 heterocycles. The van der Waals surface area contributed by atoms with E-state index in [9.17, 15) is 4.79 Å². The van der Waals surface area contributed by atoms with Gasteiger partial charge in [-0.15, -0.1) is 5.10 Å². The van der Waals surface area contributed by atoms with E-state index >= 15 is 0 Å². The SMILES string of the molecule is Cn1cc(C2(C(=O)O)CCCO2)nn1. The minimum absolute atomic E-state index is 0.380. The van der Waals surface area contributed by atoms with Crippen LogP contribution in [0.25, 0.3) is 0 Å². The summed E-state index contributed by atoms with van der Waals surface area (Å²) < 4.78 is 6.76. The molecule has 1 unspecified atom stereocenters. The fourth-order valence-electron chi connectivity index (χ4n) is 1.65. The van der Waals surface area contributed by atoms with Crippen molar-refractivity contribution in [2.24, 2.45) is 7.05 Å². The molecule has 0 bridgehead atoms. The molecule has 1 saturated heterocycles. The average molecular weight is 197 g/mol. The van der Waals surface area contributed by atoms with Crippen molar-refractivity contribution in [1.29, 1.82) is 0 Å². The second-order valence-electron chi connectivity index (χ2n) is 3.36. The van der Waals surface area contributed by atoms with Crippen molar-refractivity contribution in [3.8, 4) is 0 Å². The van der Waals surface area contributed by atoms with Gasteiger partial charge in [0.2, 0.25) is 5.60 Å². The van der Waals surface area contributed by atoms with E-state index in [1.54, 1.807) is 13.2 Å². The van der Waals surface area contributed by atoms with Crippen LogP contribution in [0.15, 0.2) is 6.20 Å². The molecule has 1 aromatic rings. The molecule has 0 radical (unpaired) electrons. The van der Waals surface area contributed by atoms with E-state index in [-0.39, 0.29) is 0 Å². The average Bonchev–Trinajstić information content (AvgIpc) is 2.71. The van der Waals surface area contributed by atoms with Gasteiger partial charge in [0.1, 0.15) is 5.69 Å². The summed E-state index contributed by atoms with van der Waals surface area (Å²) >= 11 is 0. The highest BCUT2D eigenvalue weighted by molar-refractivity contribution is 5.79. The molecular formula is C8H11N3O3. The van der Waals surface area contributed by atoms with E-state index in [4.69, 9.17) is 9.84 Å². The fraction of sp³-hybridized carbons (Fsp3) is 0.625. The Balaban J connectivity index is 2.41. The first kappa shape index (κ1) is 9.14. The number of aryl methyl sites for hydroxylation is 1. The topological polar surface area (TPSA) is 77.2 Å². The minimum atomic E-state index is -1.27. The molecule has 1 fully saturated rings. The summed E-state index contributed by atoms with van der Waals surface area (Å²) in [5, 5.41) is 16.6. The number of aliphatic carboxylic acids is 1. The normalized spacial score (nSPS) is 26.6. The number of aromatic nitrogens is 3. The van der Waals surface area contributed by atoms with Crippen LogP contribution in [0.2, 0.25) is 0 Å². The second-order valence-corrected chi connectivity index (χ2v) is 3.36. The first-order valence-corrected chi connectivity index (χ1v) is 4.39. The van der Waals surface area contributed by atoms with E-state index in [0.29, 0.717) is 18.7 Å². The number of hydrogen-bond donors (Lipinski definition) is 1. The minimum Gasteiger partial charge on any atom is -0.479 e. The number of carbonyl (C=O) groups is 1. The molecule has 2 rings (SSSR count). The van der Waals surface area contributed by atoms with Crippen LogP contribution in [0.3, 0.4) is 0 Å². The zero-order chi connectivity index (χ0) is 10.2. The molecule has 0 amide bonds. The van der Waals surface area contributed by atoms with E-state index < -0.39 is 11.6 Å². The maximum Gasteiger partial charge on any atom is 0.342 e. The van der Waals surface area contributed by atoms with Crippen LogP contribution in [-0.2, 0) is 22.2 Å². The highest BCUT2D eigenvalue weighted by atomic mass is 16.5. The zero-order valence-corrected chi connectivity index (χ0v) is 7.80. The summed E-state index contributed by atoms with van der Waals surface area (Å²) in [6.45, 7) is 0.461. The van der Waals surface area contributed by atoms with E-state index in [0.717, 1.165) is 6.42 Å². The lowest BCUT2D eigenvalue weighted by atomic mass is 9.97. The van der Waals surface area contributed by atoms with Gasteiger partial charge < -0.3 is 9.84 Å². The van der Waals surface area contributed by atoms with Crippen LogP contribution in [0.4, 0.5) is 0 Å². The first-order chi connectivity index (χ1) is 6.65. The van der Waals surface area contributed by atoms with Gasteiger partial charge >= 0.3 is 5.97 Å². The van der Waals surface area contributed by atoms with Gasteiger partial charge in [-0.3, -0.25) is 4.68 Å². The largest absolute Gasteiger partial charge is 0.479 e. The molecule has 1 atom stereocenters. The summed E-state index contributed by atoms with van der Waals surface area (Å²) in [7, 11) is 1.70. The highest BCUT2D eigenvalue weighted by Gasteiger charge is 2.47. The third-order valence-electron chi connectivity index (χ3n) is 2.38. The van der Waals surface area contributed by atoms with Gasteiger partial charge in [0, 0.05) is 13.7 Å².